The second-order valence-electron chi connectivity index (χ2n) is 5.07. The number of nitrogens with one attached hydrogen (secondary N) is 1. The molecule has 110 valence electrons. The van der Waals surface area contributed by atoms with Crippen LogP contribution in [0.1, 0.15) is 30.1 Å². The third-order valence-corrected chi connectivity index (χ3v) is 3.43. The molecular formula is C13H15F3N2O2. The zero-order valence-electron chi connectivity index (χ0n) is 10.9. The van der Waals surface area contributed by atoms with Gasteiger partial charge in [-0.1, -0.05) is 0 Å². The highest BCUT2D eigenvalue weighted by molar-refractivity contribution is 5.94. The number of carbonyl (C=O) groups is 1. The van der Waals surface area contributed by atoms with Crippen LogP contribution in [0.4, 0.5) is 13.2 Å². The molecule has 1 amide bonds. The second-order valence-corrected chi connectivity index (χ2v) is 5.07. The quantitative estimate of drug-likeness (QED) is 0.923. The number of rotatable bonds is 4. The summed E-state index contributed by atoms with van der Waals surface area (Å²) in [5, 5.41) is 0. The van der Waals surface area contributed by atoms with Crippen LogP contribution in [-0.4, -0.2) is 34.6 Å². The lowest BCUT2D eigenvalue weighted by Crippen LogP contribution is -2.45. The van der Waals surface area contributed by atoms with E-state index in [0.717, 1.165) is 23.8 Å². The van der Waals surface area contributed by atoms with Gasteiger partial charge in [0, 0.05) is 23.9 Å². The van der Waals surface area contributed by atoms with Crippen molar-refractivity contribution in [3.8, 4) is 0 Å². The third kappa shape index (κ3) is 3.61. The molecule has 0 bridgehead atoms. The first-order valence-electron chi connectivity index (χ1n) is 6.34. The van der Waals surface area contributed by atoms with E-state index < -0.39 is 30.2 Å². The lowest BCUT2D eigenvalue weighted by molar-refractivity contribution is -0.144. The number of amides is 1. The number of hydrogen-bond donors (Lipinski definition) is 1. The van der Waals surface area contributed by atoms with Crippen LogP contribution in [0.2, 0.25) is 0 Å². The molecule has 4 nitrogen and oxygen atoms in total. The average Bonchev–Trinajstić information content (AvgIpc) is 3.17. The van der Waals surface area contributed by atoms with Crippen molar-refractivity contribution in [1.29, 1.82) is 0 Å². The highest BCUT2D eigenvalue weighted by Crippen LogP contribution is 2.36. The van der Waals surface area contributed by atoms with Gasteiger partial charge >= 0.3 is 6.18 Å². The van der Waals surface area contributed by atoms with Crippen molar-refractivity contribution in [3.63, 3.8) is 0 Å². The van der Waals surface area contributed by atoms with E-state index in [1.807, 2.05) is 0 Å². The molecule has 1 aromatic rings. The topological polar surface area (TPSA) is 53.2 Å². The standard InChI is InChI=1S/C13H15F3N2O2/c1-8(9-2-3-9)18(7-13(14,15)16)12(20)10-4-5-17-11(19)6-10/h4-6,8-9H,2-3,7H2,1H3,(H,17,19). The highest BCUT2D eigenvalue weighted by atomic mass is 19.4. The second kappa shape index (κ2) is 5.30. The Morgan fingerprint density at radius 1 is 1.50 bits per heavy atom. The van der Waals surface area contributed by atoms with E-state index in [4.69, 9.17) is 0 Å². The van der Waals surface area contributed by atoms with Crippen LogP contribution in [0.3, 0.4) is 0 Å². The van der Waals surface area contributed by atoms with Crippen LogP contribution in [0.25, 0.3) is 0 Å². The average molecular weight is 288 g/mol. The Morgan fingerprint density at radius 2 is 2.15 bits per heavy atom. The number of aromatic nitrogens is 1. The first-order valence-corrected chi connectivity index (χ1v) is 6.34. The van der Waals surface area contributed by atoms with E-state index in [-0.39, 0.29) is 11.5 Å². The fourth-order valence-corrected chi connectivity index (χ4v) is 2.17. The number of carbonyl (C=O) groups excluding carboxylic acids is 1. The first kappa shape index (κ1) is 14.6. The number of nitrogens with zero attached hydrogens (tertiary/aromatic N) is 1. The summed E-state index contributed by atoms with van der Waals surface area (Å²) in [7, 11) is 0. The van der Waals surface area contributed by atoms with Gasteiger partial charge in [0.1, 0.15) is 6.54 Å². The number of alkyl halides is 3. The zero-order chi connectivity index (χ0) is 14.9. The maximum absolute atomic E-state index is 12.6. The van der Waals surface area contributed by atoms with Crippen molar-refractivity contribution in [1.82, 2.24) is 9.88 Å². The summed E-state index contributed by atoms with van der Waals surface area (Å²) in [4.78, 5) is 26.5. The lowest BCUT2D eigenvalue weighted by atomic mass is 10.1. The number of hydrogen-bond acceptors (Lipinski definition) is 2. The molecule has 2 rings (SSSR count). The molecule has 0 radical (unpaired) electrons. The number of halogens is 3. The van der Waals surface area contributed by atoms with Crippen LogP contribution >= 0.6 is 0 Å². The van der Waals surface area contributed by atoms with Crippen molar-refractivity contribution in [2.75, 3.05) is 6.54 Å². The Morgan fingerprint density at radius 3 is 2.65 bits per heavy atom. The van der Waals surface area contributed by atoms with E-state index in [0.29, 0.717) is 0 Å². The molecular weight excluding hydrogens is 273 g/mol. The van der Waals surface area contributed by atoms with E-state index in [1.54, 1.807) is 6.92 Å². The minimum atomic E-state index is -4.46. The van der Waals surface area contributed by atoms with Crippen LogP contribution in [-0.2, 0) is 0 Å². The molecule has 0 spiro atoms. The van der Waals surface area contributed by atoms with Crippen LogP contribution in [0, 0.1) is 5.92 Å². The first-order chi connectivity index (χ1) is 9.28. The van der Waals surface area contributed by atoms with Gasteiger partial charge in [0.25, 0.3) is 5.91 Å². The predicted molar refractivity (Wildman–Crippen MR) is 66.3 cm³/mol. The zero-order valence-corrected chi connectivity index (χ0v) is 10.9. The van der Waals surface area contributed by atoms with Crippen molar-refractivity contribution in [3.05, 3.63) is 34.2 Å². The van der Waals surface area contributed by atoms with Gasteiger partial charge in [-0.25, -0.2) is 0 Å². The van der Waals surface area contributed by atoms with Crippen molar-refractivity contribution in [2.45, 2.75) is 32.0 Å². The minimum Gasteiger partial charge on any atom is -0.329 e. The third-order valence-electron chi connectivity index (χ3n) is 3.43. The molecule has 7 heteroatoms. The molecule has 1 unspecified atom stereocenters. The number of H-pyrrole nitrogens is 1. The van der Waals surface area contributed by atoms with Gasteiger partial charge in [-0.05, 0) is 31.7 Å². The smallest absolute Gasteiger partial charge is 0.329 e. The van der Waals surface area contributed by atoms with Gasteiger partial charge in [0.2, 0.25) is 5.56 Å². The van der Waals surface area contributed by atoms with Gasteiger partial charge in [-0.2, -0.15) is 13.2 Å². The summed E-state index contributed by atoms with van der Waals surface area (Å²) in [5.41, 5.74) is -0.535. The Hall–Kier alpha value is -1.79. The summed E-state index contributed by atoms with van der Waals surface area (Å²) in [6.45, 7) is 0.324. The molecule has 0 saturated heterocycles. The summed E-state index contributed by atoms with van der Waals surface area (Å²) in [6.07, 6.45) is -1.54. The fraction of sp³-hybridized carbons (Fsp3) is 0.538. The summed E-state index contributed by atoms with van der Waals surface area (Å²) >= 11 is 0. The highest BCUT2D eigenvalue weighted by Gasteiger charge is 2.40. The molecule has 1 atom stereocenters. The maximum atomic E-state index is 12.6. The van der Waals surface area contributed by atoms with Crippen molar-refractivity contribution in [2.24, 2.45) is 5.92 Å². The molecule has 1 aliphatic rings. The van der Waals surface area contributed by atoms with Crippen molar-refractivity contribution >= 4 is 5.91 Å². The van der Waals surface area contributed by atoms with Gasteiger partial charge in [0.05, 0.1) is 0 Å². The Labute approximate surface area is 113 Å². The molecule has 20 heavy (non-hydrogen) atoms. The molecule has 1 fully saturated rings. The molecule has 1 N–H and O–H groups in total. The summed E-state index contributed by atoms with van der Waals surface area (Å²) in [5.74, 6) is -0.642. The van der Waals surface area contributed by atoms with Gasteiger partial charge < -0.3 is 9.88 Å². The van der Waals surface area contributed by atoms with E-state index >= 15 is 0 Å². The van der Waals surface area contributed by atoms with E-state index in [2.05, 4.69) is 4.98 Å². The molecule has 1 saturated carbocycles. The minimum absolute atomic E-state index is 0.0227. The van der Waals surface area contributed by atoms with Gasteiger partial charge in [-0.3, -0.25) is 9.59 Å². The SMILES string of the molecule is CC(C1CC1)N(CC(F)(F)F)C(=O)c1cc[nH]c(=O)c1. The number of pyridine rings is 1. The van der Waals surface area contributed by atoms with E-state index in [9.17, 15) is 22.8 Å². The van der Waals surface area contributed by atoms with Crippen LogP contribution in [0.15, 0.2) is 23.1 Å². The normalized spacial score (nSPS) is 16.8. The summed E-state index contributed by atoms with van der Waals surface area (Å²) < 4.78 is 37.9. The van der Waals surface area contributed by atoms with Crippen LogP contribution in [0.5, 0.6) is 0 Å². The van der Waals surface area contributed by atoms with Crippen LogP contribution < -0.4 is 5.56 Å². The Kier molecular flexibility index (Phi) is 3.87. The molecule has 1 aliphatic carbocycles. The molecule has 0 aromatic carbocycles. The largest absolute Gasteiger partial charge is 0.406 e. The van der Waals surface area contributed by atoms with E-state index in [1.165, 1.54) is 12.3 Å². The van der Waals surface area contributed by atoms with Gasteiger partial charge in [-0.15, -0.1) is 0 Å². The number of aromatic amines is 1. The summed E-state index contributed by atoms with van der Waals surface area (Å²) in [6, 6.07) is 1.85. The van der Waals surface area contributed by atoms with Gasteiger partial charge in [0.15, 0.2) is 0 Å². The molecule has 1 aromatic heterocycles. The maximum Gasteiger partial charge on any atom is 0.406 e. The van der Waals surface area contributed by atoms with Crippen molar-refractivity contribution < 1.29 is 18.0 Å². The molecule has 0 aliphatic heterocycles. The lowest BCUT2D eigenvalue weighted by Gasteiger charge is -2.30. The fourth-order valence-electron chi connectivity index (χ4n) is 2.17. The predicted octanol–water partition coefficient (Wildman–Crippen LogP) is 2.18. The monoisotopic (exact) mass is 288 g/mol. The Balaban J connectivity index is 2.25. The molecule has 1 heterocycles. The Bertz CT molecular complexity index is 549.